The molecule has 108 valence electrons. The molecule has 0 spiro atoms. The summed E-state index contributed by atoms with van der Waals surface area (Å²) in [5.41, 5.74) is 2.91. The molecular weight excluding hydrogens is 338 g/mol. The average molecular weight is 356 g/mol. The lowest BCUT2D eigenvalue weighted by molar-refractivity contribution is 0.358. The first-order valence-corrected chi connectivity index (χ1v) is 8.64. The van der Waals surface area contributed by atoms with Gasteiger partial charge in [0.1, 0.15) is 0 Å². The van der Waals surface area contributed by atoms with Crippen LogP contribution in [-0.2, 0) is 0 Å². The first-order chi connectivity index (χ1) is 9.43. The number of hydrogen-bond donors (Lipinski definition) is 3. The average Bonchev–Trinajstić information content (AvgIpc) is 2.67. The summed E-state index contributed by atoms with van der Waals surface area (Å²) in [6.07, 6.45) is 1.16. The molecule has 0 saturated carbocycles. The SMILES string of the molecule is CC1(C)CSCC(Nc2cc3[nH]c(=O)[nH]c3cc2Br)C1. The monoisotopic (exact) mass is 355 g/mol. The highest BCUT2D eigenvalue weighted by Gasteiger charge is 2.28. The molecule has 6 heteroatoms. The fourth-order valence-corrected chi connectivity index (χ4v) is 4.47. The number of hydrogen-bond acceptors (Lipinski definition) is 3. The van der Waals surface area contributed by atoms with E-state index in [1.54, 1.807) is 0 Å². The number of thioether (sulfide) groups is 1. The van der Waals surface area contributed by atoms with Gasteiger partial charge < -0.3 is 15.3 Å². The first-order valence-electron chi connectivity index (χ1n) is 6.69. The van der Waals surface area contributed by atoms with E-state index in [1.165, 1.54) is 5.75 Å². The lowest BCUT2D eigenvalue weighted by Gasteiger charge is -2.35. The third-order valence-corrected chi connectivity index (χ3v) is 5.85. The molecule has 3 rings (SSSR count). The molecule has 1 fully saturated rings. The number of rotatable bonds is 2. The maximum Gasteiger partial charge on any atom is 0.323 e. The summed E-state index contributed by atoms with van der Waals surface area (Å²) in [5.74, 6) is 2.34. The molecule has 1 unspecified atom stereocenters. The maximum atomic E-state index is 11.3. The van der Waals surface area contributed by atoms with E-state index in [2.05, 4.69) is 45.1 Å². The van der Waals surface area contributed by atoms with Crippen molar-refractivity contribution in [1.29, 1.82) is 0 Å². The number of aromatic amines is 2. The van der Waals surface area contributed by atoms with Crippen LogP contribution in [0.2, 0.25) is 0 Å². The van der Waals surface area contributed by atoms with Crippen molar-refractivity contribution in [2.45, 2.75) is 26.3 Å². The largest absolute Gasteiger partial charge is 0.380 e. The topological polar surface area (TPSA) is 60.7 Å². The Balaban J connectivity index is 1.86. The van der Waals surface area contributed by atoms with Gasteiger partial charge in [0.05, 0.1) is 16.7 Å². The van der Waals surface area contributed by atoms with E-state index in [0.717, 1.165) is 33.4 Å². The van der Waals surface area contributed by atoms with Crippen molar-refractivity contribution in [3.8, 4) is 0 Å². The molecule has 0 aliphatic carbocycles. The molecule has 2 heterocycles. The Hall–Kier alpha value is -0.880. The van der Waals surface area contributed by atoms with Gasteiger partial charge in [-0.15, -0.1) is 0 Å². The lowest BCUT2D eigenvalue weighted by Crippen LogP contribution is -2.35. The molecule has 1 atom stereocenters. The minimum atomic E-state index is -0.168. The Bertz CT molecular complexity index is 691. The van der Waals surface area contributed by atoms with Crippen LogP contribution >= 0.6 is 27.7 Å². The molecule has 1 aliphatic heterocycles. The van der Waals surface area contributed by atoms with Crippen LogP contribution in [0.3, 0.4) is 0 Å². The Labute approximate surface area is 130 Å². The predicted molar refractivity (Wildman–Crippen MR) is 89.8 cm³/mol. The number of aromatic nitrogens is 2. The fourth-order valence-electron chi connectivity index (χ4n) is 2.74. The summed E-state index contributed by atoms with van der Waals surface area (Å²) < 4.78 is 0.980. The molecular formula is C14H18BrN3OS. The van der Waals surface area contributed by atoms with Crippen LogP contribution in [0.15, 0.2) is 21.4 Å². The number of nitrogens with one attached hydrogen (secondary N) is 3. The van der Waals surface area contributed by atoms with Gasteiger partial charge in [0.15, 0.2) is 0 Å². The molecule has 0 radical (unpaired) electrons. The van der Waals surface area contributed by atoms with Gasteiger partial charge in [0.25, 0.3) is 0 Å². The van der Waals surface area contributed by atoms with E-state index in [1.807, 2.05) is 23.9 Å². The minimum Gasteiger partial charge on any atom is -0.380 e. The molecule has 1 saturated heterocycles. The smallest absolute Gasteiger partial charge is 0.323 e. The van der Waals surface area contributed by atoms with Crippen LogP contribution in [-0.4, -0.2) is 27.5 Å². The lowest BCUT2D eigenvalue weighted by atomic mass is 9.88. The second-order valence-corrected chi connectivity index (χ2v) is 8.07. The Morgan fingerprint density at radius 1 is 1.35 bits per heavy atom. The third-order valence-electron chi connectivity index (χ3n) is 3.57. The van der Waals surface area contributed by atoms with E-state index < -0.39 is 0 Å². The maximum absolute atomic E-state index is 11.3. The van der Waals surface area contributed by atoms with Crippen LogP contribution in [0.5, 0.6) is 0 Å². The van der Waals surface area contributed by atoms with Crippen molar-refractivity contribution >= 4 is 44.4 Å². The summed E-state index contributed by atoms with van der Waals surface area (Å²) in [5, 5.41) is 3.60. The number of benzene rings is 1. The predicted octanol–water partition coefficient (Wildman–Crippen LogP) is 3.56. The molecule has 3 N–H and O–H groups in total. The summed E-state index contributed by atoms with van der Waals surface area (Å²) in [6, 6.07) is 4.39. The highest BCUT2D eigenvalue weighted by molar-refractivity contribution is 9.10. The third kappa shape index (κ3) is 2.91. The van der Waals surface area contributed by atoms with Crippen LogP contribution < -0.4 is 11.0 Å². The van der Waals surface area contributed by atoms with Gasteiger partial charge in [-0.25, -0.2) is 4.79 Å². The van der Waals surface area contributed by atoms with E-state index in [4.69, 9.17) is 0 Å². The van der Waals surface area contributed by atoms with Crippen LogP contribution in [0, 0.1) is 5.41 Å². The van der Waals surface area contributed by atoms with Gasteiger partial charge in [-0.05, 0) is 45.7 Å². The van der Waals surface area contributed by atoms with E-state index in [0.29, 0.717) is 11.5 Å². The van der Waals surface area contributed by atoms with Gasteiger partial charge in [-0.2, -0.15) is 11.8 Å². The molecule has 0 amide bonds. The molecule has 2 aromatic rings. The minimum absolute atomic E-state index is 0.168. The quantitative estimate of drug-likeness (QED) is 0.771. The van der Waals surface area contributed by atoms with Crippen LogP contribution in [0.25, 0.3) is 11.0 Å². The second-order valence-electron chi connectivity index (χ2n) is 6.18. The highest BCUT2D eigenvalue weighted by Crippen LogP contribution is 2.36. The van der Waals surface area contributed by atoms with Gasteiger partial charge in [0.2, 0.25) is 0 Å². The zero-order valence-electron chi connectivity index (χ0n) is 11.5. The van der Waals surface area contributed by atoms with Crippen molar-refractivity contribution < 1.29 is 0 Å². The molecule has 1 aliphatic rings. The first kappa shape index (κ1) is 14.1. The summed E-state index contributed by atoms with van der Waals surface area (Å²) >= 11 is 5.58. The molecule has 1 aromatic heterocycles. The summed E-state index contributed by atoms with van der Waals surface area (Å²) in [6.45, 7) is 4.63. The highest BCUT2D eigenvalue weighted by atomic mass is 79.9. The summed E-state index contributed by atoms with van der Waals surface area (Å²) in [4.78, 5) is 16.9. The Kier molecular flexibility index (Phi) is 3.62. The Morgan fingerprint density at radius 2 is 2.05 bits per heavy atom. The van der Waals surface area contributed by atoms with Crippen molar-refractivity contribution in [3.05, 3.63) is 27.1 Å². The van der Waals surface area contributed by atoms with E-state index >= 15 is 0 Å². The van der Waals surface area contributed by atoms with Crippen molar-refractivity contribution in [3.63, 3.8) is 0 Å². The zero-order chi connectivity index (χ0) is 14.3. The zero-order valence-corrected chi connectivity index (χ0v) is 14.0. The number of anilines is 1. The van der Waals surface area contributed by atoms with Gasteiger partial charge >= 0.3 is 5.69 Å². The molecule has 20 heavy (non-hydrogen) atoms. The number of fused-ring (bicyclic) bond motifs is 1. The number of halogens is 1. The number of H-pyrrole nitrogens is 2. The fraction of sp³-hybridized carbons (Fsp3) is 0.500. The van der Waals surface area contributed by atoms with E-state index in [-0.39, 0.29) is 5.69 Å². The number of imidazole rings is 1. The summed E-state index contributed by atoms with van der Waals surface area (Å²) in [7, 11) is 0. The molecule has 0 bridgehead atoms. The normalized spacial score (nSPS) is 22.1. The van der Waals surface area contributed by atoms with Gasteiger partial charge in [0, 0.05) is 16.3 Å². The van der Waals surface area contributed by atoms with Crippen molar-refractivity contribution in [2.24, 2.45) is 5.41 Å². The van der Waals surface area contributed by atoms with Crippen LogP contribution in [0.1, 0.15) is 20.3 Å². The van der Waals surface area contributed by atoms with Gasteiger partial charge in [-0.3, -0.25) is 0 Å². The molecule has 1 aromatic carbocycles. The Morgan fingerprint density at radius 3 is 2.75 bits per heavy atom. The van der Waals surface area contributed by atoms with E-state index in [9.17, 15) is 4.79 Å². The second kappa shape index (κ2) is 5.15. The molecule has 4 nitrogen and oxygen atoms in total. The van der Waals surface area contributed by atoms with Crippen molar-refractivity contribution in [1.82, 2.24) is 9.97 Å². The standard InChI is InChI=1S/C14H18BrN3OS/c1-14(2)5-8(6-20-7-14)16-10-4-12-11(3-9(10)15)17-13(19)18-12/h3-4,8,16H,5-7H2,1-2H3,(H2,17,18,19). The van der Waals surface area contributed by atoms with Gasteiger partial charge in [-0.1, -0.05) is 13.8 Å². The van der Waals surface area contributed by atoms with Crippen LogP contribution in [0.4, 0.5) is 5.69 Å². The van der Waals surface area contributed by atoms with Crippen molar-refractivity contribution in [2.75, 3.05) is 16.8 Å².